The van der Waals surface area contributed by atoms with Crippen molar-refractivity contribution in [3.8, 4) is 5.69 Å². The number of nitrogens with zero attached hydrogens (tertiary/aromatic N) is 2. The van der Waals surface area contributed by atoms with Crippen molar-refractivity contribution < 1.29 is 31.1 Å². The third-order valence-electron chi connectivity index (χ3n) is 4.88. The summed E-state index contributed by atoms with van der Waals surface area (Å²) in [5, 5.41) is 9.08. The highest BCUT2D eigenvalue weighted by Gasteiger charge is 2.31. The number of aryl methyl sites for hydroxylation is 1. The van der Waals surface area contributed by atoms with E-state index in [1.165, 1.54) is 35.0 Å². The molecular formula is C22H20F6N4O. The van der Waals surface area contributed by atoms with Crippen molar-refractivity contribution >= 4 is 17.3 Å². The highest BCUT2D eigenvalue weighted by atomic mass is 19.4. The summed E-state index contributed by atoms with van der Waals surface area (Å²) in [6.07, 6.45) is -9.10. The summed E-state index contributed by atoms with van der Waals surface area (Å²) in [7, 11) is 0. The van der Waals surface area contributed by atoms with Crippen LogP contribution in [0.5, 0.6) is 0 Å². The van der Waals surface area contributed by atoms with Crippen molar-refractivity contribution in [1.82, 2.24) is 9.78 Å². The SMILES string of the molecule is Cc1nn(-c2cccc(C(F)(F)F)c2)c(C)c1CC(=O)Nc1ccccc1NCC(F)(F)F. The number of amides is 1. The molecular weight excluding hydrogens is 450 g/mol. The summed E-state index contributed by atoms with van der Waals surface area (Å²) >= 11 is 0. The first-order valence-electron chi connectivity index (χ1n) is 9.77. The number of alkyl halides is 6. The minimum atomic E-state index is -4.51. The van der Waals surface area contributed by atoms with Crippen LogP contribution in [0.4, 0.5) is 37.7 Å². The van der Waals surface area contributed by atoms with Crippen LogP contribution in [0.2, 0.25) is 0 Å². The first kappa shape index (κ1) is 24.1. The second-order valence-corrected chi connectivity index (χ2v) is 7.35. The molecule has 1 aromatic heterocycles. The summed E-state index contributed by atoms with van der Waals surface area (Å²) in [5.74, 6) is -0.508. The molecule has 1 heterocycles. The quantitative estimate of drug-likeness (QED) is 0.457. The van der Waals surface area contributed by atoms with Gasteiger partial charge in [-0.25, -0.2) is 4.68 Å². The van der Waals surface area contributed by atoms with Crippen LogP contribution in [0.15, 0.2) is 48.5 Å². The molecule has 0 aliphatic rings. The summed E-state index contributed by atoms with van der Waals surface area (Å²) in [4.78, 5) is 12.6. The van der Waals surface area contributed by atoms with E-state index in [-0.39, 0.29) is 23.5 Å². The van der Waals surface area contributed by atoms with Crippen molar-refractivity contribution in [3.05, 3.63) is 71.0 Å². The van der Waals surface area contributed by atoms with E-state index in [1.807, 2.05) is 0 Å². The number of aromatic nitrogens is 2. The molecule has 1 amide bonds. The van der Waals surface area contributed by atoms with Gasteiger partial charge in [0.2, 0.25) is 5.91 Å². The number of benzene rings is 2. The number of carbonyl (C=O) groups excluding carboxylic acids is 1. The molecule has 0 unspecified atom stereocenters. The predicted molar refractivity (Wildman–Crippen MR) is 111 cm³/mol. The Kier molecular flexibility index (Phi) is 6.71. The van der Waals surface area contributed by atoms with E-state index in [2.05, 4.69) is 15.7 Å². The standard InChI is InChI=1S/C22H20F6N4O/c1-13-17(14(2)32(31-13)16-7-5-6-15(10-16)22(26,27)28)11-20(33)30-19-9-4-3-8-18(19)29-12-21(23,24)25/h3-10,29H,11-12H2,1-2H3,(H,30,33). The summed E-state index contributed by atoms with van der Waals surface area (Å²) in [5.41, 5.74) is 1.08. The van der Waals surface area contributed by atoms with E-state index in [1.54, 1.807) is 19.9 Å². The Hall–Kier alpha value is -3.50. The molecule has 3 rings (SSSR count). The van der Waals surface area contributed by atoms with E-state index < -0.39 is 30.4 Å². The molecule has 3 aromatic rings. The van der Waals surface area contributed by atoms with Crippen molar-refractivity contribution in [2.24, 2.45) is 0 Å². The first-order chi connectivity index (χ1) is 15.3. The number of rotatable bonds is 6. The highest BCUT2D eigenvalue weighted by Crippen LogP contribution is 2.31. The zero-order chi connectivity index (χ0) is 24.4. The van der Waals surface area contributed by atoms with E-state index in [0.29, 0.717) is 17.0 Å². The lowest BCUT2D eigenvalue weighted by Crippen LogP contribution is -2.22. The Morgan fingerprint density at radius 1 is 0.970 bits per heavy atom. The maximum atomic E-state index is 13.1. The maximum absolute atomic E-state index is 13.1. The van der Waals surface area contributed by atoms with Crippen LogP contribution in [0, 0.1) is 13.8 Å². The number of para-hydroxylation sites is 2. The Morgan fingerprint density at radius 2 is 1.64 bits per heavy atom. The fraction of sp³-hybridized carbons (Fsp3) is 0.273. The molecule has 0 spiro atoms. The molecule has 176 valence electrons. The average Bonchev–Trinajstić information content (AvgIpc) is 3.00. The van der Waals surface area contributed by atoms with Gasteiger partial charge >= 0.3 is 12.4 Å². The number of halogens is 6. The number of hydrogen-bond acceptors (Lipinski definition) is 3. The van der Waals surface area contributed by atoms with Gasteiger partial charge in [-0.1, -0.05) is 18.2 Å². The summed E-state index contributed by atoms with van der Waals surface area (Å²) in [6, 6.07) is 10.6. The number of carbonyl (C=O) groups is 1. The first-order valence-corrected chi connectivity index (χ1v) is 9.77. The van der Waals surface area contributed by atoms with E-state index in [4.69, 9.17) is 0 Å². The minimum absolute atomic E-state index is 0.108. The number of nitrogens with one attached hydrogen (secondary N) is 2. The second-order valence-electron chi connectivity index (χ2n) is 7.35. The second kappa shape index (κ2) is 9.16. The highest BCUT2D eigenvalue weighted by molar-refractivity contribution is 5.95. The van der Waals surface area contributed by atoms with Crippen LogP contribution in [0.25, 0.3) is 5.69 Å². The normalized spacial score (nSPS) is 12.0. The van der Waals surface area contributed by atoms with Crippen molar-refractivity contribution in [2.45, 2.75) is 32.6 Å². The lowest BCUT2D eigenvalue weighted by Gasteiger charge is -2.14. The topological polar surface area (TPSA) is 59.0 Å². The van der Waals surface area contributed by atoms with E-state index in [0.717, 1.165) is 12.1 Å². The van der Waals surface area contributed by atoms with Crippen LogP contribution < -0.4 is 10.6 Å². The Balaban J connectivity index is 1.80. The zero-order valence-electron chi connectivity index (χ0n) is 17.6. The molecule has 0 saturated carbocycles. The molecule has 5 nitrogen and oxygen atoms in total. The van der Waals surface area contributed by atoms with Gasteiger partial charge in [0.25, 0.3) is 0 Å². The van der Waals surface area contributed by atoms with Gasteiger partial charge in [0.15, 0.2) is 0 Å². The fourth-order valence-corrected chi connectivity index (χ4v) is 3.29. The summed E-state index contributed by atoms with van der Waals surface area (Å²) in [6.45, 7) is 1.99. The lowest BCUT2D eigenvalue weighted by atomic mass is 10.1. The smallest absolute Gasteiger partial charge is 0.375 e. The van der Waals surface area contributed by atoms with Gasteiger partial charge in [0.1, 0.15) is 6.54 Å². The van der Waals surface area contributed by atoms with Crippen LogP contribution >= 0.6 is 0 Å². The van der Waals surface area contributed by atoms with Gasteiger partial charge in [0, 0.05) is 11.3 Å². The molecule has 0 aliphatic carbocycles. The Morgan fingerprint density at radius 3 is 2.27 bits per heavy atom. The minimum Gasteiger partial charge on any atom is -0.375 e. The molecule has 2 N–H and O–H groups in total. The van der Waals surface area contributed by atoms with E-state index in [9.17, 15) is 31.1 Å². The van der Waals surface area contributed by atoms with Crippen molar-refractivity contribution in [3.63, 3.8) is 0 Å². The van der Waals surface area contributed by atoms with Crippen molar-refractivity contribution in [1.29, 1.82) is 0 Å². The number of anilines is 2. The molecule has 0 aliphatic heterocycles. The van der Waals surface area contributed by atoms with Gasteiger partial charge in [-0.3, -0.25) is 4.79 Å². The zero-order valence-corrected chi connectivity index (χ0v) is 17.6. The average molecular weight is 470 g/mol. The fourth-order valence-electron chi connectivity index (χ4n) is 3.29. The lowest BCUT2D eigenvalue weighted by molar-refractivity contribution is -0.137. The molecule has 0 atom stereocenters. The maximum Gasteiger partial charge on any atom is 0.416 e. The molecule has 0 fully saturated rings. The monoisotopic (exact) mass is 470 g/mol. The summed E-state index contributed by atoms with van der Waals surface area (Å²) < 4.78 is 78.0. The predicted octanol–water partition coefficient (Wildman–Crippen LogP) is 5.66. The largest absolute Gasteiger partial charge is 0.416 e. The molecule has 11 heteroatoms. The van der Waals surface area contributed by atoms with Crippen molar-refractivity contribution in [2.75, 3.05) is 17.2 Å². The Labute approximate surface area is 185 Å². The van der Waals surface area contributed by atoms with Crippen LogP contribution in [0.1, 0.15) is 22.5 Å². The molecule has 0 bridgehead atoms. The van der Waals surface area contributed by atoms with Crippen LogP contribution in [-0.2, 0) is 17.4 Å². The third-order valence-corrected chi connectivity index (χ3v) is 4.88. The third kappa shape index (κ3) is 6.05. The molecule has 0 radical (unpaired) electrons. The van der Waals surface area contributed by atoms with Gasteiger partial charge in [-0.15, -0.1) is 0 Å². The van der Waals surface area contributed by atoms with Gasteiger partial charge in [-0.2, -0.15) is 31.4 Å². The number of hydrogen-bond donors (Lipinski definition) is 2. The van der Waals surface area contributed by atoms with Gasteiger partial charge in [0.05, 0.1) is 34.7 Å². The Bertz CT molecular complexity index is 1150. The van der Waals surface area contributed by atoms with Crippen LogP contribution in [0.3, 0.4) is 0 Å². The molecule has 0 saturated heterocycles. The van der Waals surface area contributed by atoms with Crippen LogP contribution in [-0.4, -0.2) is 28.4 Å². The molecule has 2 aromatic carbocycles. The van der Waals surface area contributed by atoms with E-state index >= 15 is 0 Å². The van der Waals surface area contributed by atoms with Gasteiger partial charge in [-0.05, 0) is 44.2 Å². The van der Waals surface area contributed by atoms with Gasteiger partial charge < -0.3 is 10.6 Å². The molecule has 33 heavy (non-hydrogen) atoms.